The lowest BCUT2D eigenvalue weighted by Crippen LogP contribution is -2.13. The number of hydrogen-bond donors (Lipinski definition) is 0. The molecule has 0 N–H and O–H groups in total. The van der Waals surface area contributed by atoms with E-state index in [1.165, 1.54) is 10.9 Å². The molecule has 0 atom stereocenters. The number of halogens is 2. The fourth-order valence-corrected chi connectivity index (χ4v) is 1.18. The van der Waals surface area contributed by atoms with Gasteiger partial charge < -0.3 is 4.74 Å². The van der Waals surface area contributed by atoms with Gasteiger partial charge in [-0.3, -0.25) is 4.68 Å². The van der Waals surface area contributed by atoms with E-state index in [4.69, 9.17) is 4.74 Å². The van der Waals surface area contributed by atoms with Crippen LogP contribution in [-0.2, 0) is 17.9 Å². The Hall–Kier alpha value is -0.970. The molecule has 1 rings (SSSR count). The lowest BCUT2D eigenvalue weighted by atomic mass is 10.2. The van der Waals surface area contributed by atoms with Gasteiger partial charge in [-0.05, 0) is 12.0 Å². The minimum Gasteiger partial charge on any atom is -0.375 e. The molecule has 0 aliphatic heterocycles. The number of nitrogens with zero attached hydrogens (tertiary/aromatic N) is 2. The van der Waals surface area contributed by atoms with Crippen molar-refractivity contribution in [3.8, 4) is 0 Å². The summed E-state index contributed by atoms with van der Waals surface area (Å²) in [5, 5.41) is 3.81. The number of aromatic nitrogens is 2. The van der Waals surface area contributed by atoms with Crippen molar-refractivity contribution in [1.82, 2.24) is 9.78 Å². The fraction of sp³-hybridized carbons (Fsp3) is 0.700. The predicted molar refractivity (Wildman–Crippen MR) is 52.7 cm³/mol. The lowest BCUT2D eigenvalue weighted by Gasteiger charge is -2.09. The van der Waals surface area contributed by atoms with Crippen LogP contribution in [0.5, 0.6) is 0 Å². The van der Waals surface area contributed by atoms with E-state index >= 15 is 0 Å². The Morgan fingerprint density at radius 3 is 2.80 bits per heavy atom. The first-order chi connectivity index (χ1) is 7.09. The maximum atomic E-state index is 12.1. The second kappa shape index (κ2) is 5.80. The van der Waals surface area contributed by atoms with Crippen molar-refractivity contribution in [2.45, 2.75) is 33.4 Å². The fourth-order valence-electron chi connectivity index (χ4n) is 1.18. The Morgan fingerprint density at radius 2 is 2.20 bits per heavy atom. The summed E-state index contributed by atoms with van der Waals surface area (Å²) in [7, 11) is 0. The van der Waals surface area contributed by atoms with Crippen LogP contribution in [0.1, 0.15) is 19.5 Å². The van der Waals surface area contributed by atoms with E-state index in [1.54, 1.807) is 6.07 Å². The smallest absolute Gasteiger partial charge is 0.257 e. The molecule has 0 saturated heterocycles. The Balaban J connectivity index is 2.43. The summed E-state index contributed by atoms with van der Waals surface area (Å²) in [6, 6.07) is 1.70. The highest BCUT2D eigenvalue weighted by atomic mass is 19.3. The molecule has 5 heteroatoms. The standard InChI is InChI=1S/C10H16F2N2O/c1-8(2)6-15-7-9-3-4-13-14(9)5-10(11)12/h3-4,8,10H,5-7H2,1-2H3. The first kappa shape index (κ1) is 12.1. The van der Waals surface area contributed by atoms with Gasteiger partial charge in [-0.15, -0.1) is 0 Å². The van der Waals surface area contributed by atoms with E-state index in [2.05, 4.69) is 5.10 Å². The highest BCUT2D eigenvalue weighted by molar-refractivity contribution is 4.98. The van der Waals surface area contributed by atoms with Crippen molar-refractivity contribution in [1.29, 1.82) is 0 Å². The van der Waals surface area contributed by atoms with Gasteiger partial charge in [0.15, 0.2) is 0 Å². The van der Waals surface area contributed by atoms with Gasteiger partial charge in [0, 0.05) is 12.8 Å². The summed E-state index contributed by atoms with van der Waals surface area (Å²) in [6.07, 6.45) is -0.870. The summed E-state index contributed by atoms with van der Waals surface area (Å²) in [6.45, 7) is 4.67. The molecule has 15 heavy (non-hydrogen) atoms. The van der Waals surface area contributed by atoms with Crippen LogP contribution in [-0.4, -0.2) is 22.8 Å². The summed E-state index contributed by atoms with van der Waals surface area (Å²) in [5.41, 5.74) is 0.691. The zero-order valence-electron chi connectivity index (χ0n) is 8.99. The van der Waals surface area contributed by atoms with E-state index in [0.29, 0.717) is 24.8 Å². The molecule has 3 nitrogen and oxygen atoms in total. The first-order valence-electron chi connectivity index (χ1n) is 4.96. The van der Waals surface area contributed by atoms with Crippen molar-refractivity contribution >= 4 is 0 Å². The topological polar surface area (TPSA) is 27.1 Å². The molecule has 0 bridgehead atoms. The molecule has 0 spiro atoms. The van der Waals surface area contributed by atoms with Crippen molar-refractivity contribution < 1.29 is 13.5 Å². The zero-order valence-corrected chi connectivity index (χ0v) is 8.99. The van der Waals surface area contributed by atoms with Crippen LogP contribution in [0, 0.1) is 5.92 Å². The minimum atomic E-state index is -2.38. The highest BCUT2D eigenvalue weighted by Crippen LogP contribution is 2.06. The van der Waals surface area contributed by atoms with Gasteiger partial charge in [-0.1, -0.05) is 13.8 Å². The van der Waals surface area contributed by atoms with E-state index in [-0.39, 0.29) is 6.54 Å². The molecule has 1 heterocycles. The molecule has 1 aromatic rings. The molecule has 0 aliphatic carbocycles. The van der Waals surface area contributed by atoms with Crippen LogP contribution in [0.2, 0.25) is 0 Å². The maximum absolute atomic E-state index is 12.1. The van der Waals surface area contributed by atoms with Gasteiger partial charge >= 0.3 is 0 Å². The highest BCUT2D eigenvalue weighted by Gasteiger charge is 2.08. The summed E-state index contributed by atoms with van der Waals surface area (Å²) >= 11 is 0. The van der Waals surface area contributed by atoms with Crippen LogP contribution < -0.4 is 0 Å². The van der Waals surface area contributed by atoms with Crippen molar-refractivity contribution in [2.24, 2.45) is 5.92 Å². The maximum Gasteiger partial charge on any atom is 0.257 e. The Kier molecular flexibility index (Phi) is 4.68. The normalized spacial score (nSPS) is 11.6. The van der Waals surface area contributed by atoms with E-state index in [9.17, 15) is 8.78 Å². The molecule has 0 amide bonds. The second-order valence-electron chi connectivity index (χ2n) is 3.80. The van der Waals surface area contributed by atoms with Crippen LogP contribution in [0.4, 0.5) is 8.78 Å². The quantitative estimate of drug-likeness (QED) is 0.732. The van der Waals surface area contributed by atoms with Crippen molar-refractivity contribution in [3.05, 3.63) is 18.0 Å². The predicted octanol–water partition coefficient (Wildman–Crippen LogP) is 2.32. The molecule has 86 valence electrons. The van der Waals surface area contributed by atoms with Gasteiger partial charge in [0.25, 0.3) is 6.43 Å². The lowest BCUT2D eigenvalue weighted by molar-refractivity contribution is 0.0840. The van der Waals surface area contributed by atoms with Crippen molar-refractivity contribution in [3.63, 3.8) is 0 Å². The van der Waals surface area contributed by atoms with Gasteiger partial charge in [-0.2, -0.15) is 5.10 Å². The SMILES string of the molecule is CC(C)COCc1ccnn1CC(F)F. The molecule has 0 radical (unpaired) electrons. The molecule has 0 fully saturated rings. The molecule has 1 aromatic heterocycles. The third-order valence-corrected chi connectivity index (χ3v) is 1.82. The van der Waals surface area contributed by atoms with E-state index in [1.807, 2.05) is 13.8 Å². The van der Waals surface area contributed by atoms with Crippen LogP contribution >= 0.6 is 0 Å². The average Bonchev–Trinajstić information content (AvgIpc) is 2.51. The van der Waals surface area contributed by atoms with E-state index < -0.39 is 6.43 Å². The number of alkyl halides is 2. The van der Waals surface area contributed by atoms with Crippen LogP contribution in [0.25, 0.3) is 0 Å². The summed E-state index contributed by atoms with van der Waals surface area (Å²) < 4.78 is 30.9. The second-order valence-corrected chi connectivity index (χ2v) is 3.80. The van der Waals surface area contributed by atoms with Crippen molar-refractivity contribution in [2.75, 3.05) is 6.61 Å². The average molecular weight is 218 g/mol. The van der Waals surface area contributed by atoms with Gasteiger partial charge in [0.05, 0.1) is 12.3 Å². The van der Waals surface area contributed by atoms with Gasteiger partial charge in [-0.25, -0.2) is 8.78 Å². The number of hydrogen-bond acceptors (Lipinski definition) is 2. The van der Waals surface area contributed by atoms with Crippen LogP contribution in [0.15, 0.2) is 12.3 Å². The summed E-state index contributed by atoms with van der Waals surface area (Å²) in [5.74, 6) is 0.441. The zero-order chi connectivity index (χ0) is 11.3. The number of rotatable bonds is 6. The molecule has 0 saturated carbocycles. The molecule has 0 aliphatic rings. The Bertz CT molecular complexity index is 287. The Morgan fingerprint density at radius 1 is 1.47 bits per heavy atom. The number of ether oxygens (including phenoxy) is 1. The minimum absolute atomic E-state index is 0.338. The molecular weight excluding hydrogens is 202 g/mol. The van der Waals surface area contributed by atoms with E-state index in [0.717, 1.165) is 0 Å². The third-order valence-electron chi connectivity index (χ3n) is 1.82. The Labute approximate surface area is 88.0 Å². The molecule has 0 aromatic carbocycles. The molecule has 0 unspecified atom stereocenters. The first-order valence-corrected chi connectivity index (χ1v) is 4.96. The van der Waals surface area contributed by atoms with Gasteiger partial charge in [0.2, 0.25) is 0 Å². The largest absolute Gasteiger partial charge is 0.375 e. The van der Waals surface area contributed by atoms with Crippen LogP contribution in [0.3, 0.4) is 0 Å². The molecular formula is C10H16F2N2O. The van der Waals surface area contributed by atoms with Gasteiger partial charge in [0.1, 0.15) is 6.54 Å². The summed E-state index contributed by atoms with van der Waals surface area (Å²) in [4.78, 5) is 0. The third kappa shape index (κ3) is 4.38. The monoisotopic (exact) mass is 218 g/mol.